The van der Waals surface area contributed by atoms with Crippen LogP contribution in [0.5, 0.6) is 0 Å². The third-order valence-electron chi connectivity index (χ3n) is 3.11. The number of rotatable bonds is 6. The molecule has 1 aromatic rings. The molecule has 0 aliphatic heterocycles. The van der Waals surface area contributed by atoms with Gasteiger partial charge in [0, 0.05) is 18.6 Å². The average molecular weight is 225 g/mol. The molecule has 0 aromatic carbocycles. The van der Waals surface area contributed by atoms with E-state index >= 15 is 0 Å². The van der Waals surface area contributed by atoms with E-state index in [0.717, 1.165) is 25.2 Å². The Morgan fingerprint density at radius 1 is 1.50 bits per heavy atom. The molecule has 0 fully saturated rings. The molecule has 0 saturated carbocycles. The van der Waals surface area contributed by atoms with Gasteiger partial charge in [-0.2, -0.15) is 5.10 Å². The molecular weight excluding hydrogens is 202 g/mol. The van der Waals surface area contributed by atoms with E-state index in [4.69, 9.17) is 0 Å². The van der Waals surface area contributed by atoms with Gasteiger partial charge < -0.3 is 10.4 Å². The van der Waals surface area contributed by atoms with Crippen molar-refractivity contribution in [3.63, 3.8) is 0 Å². The molecule has 4 heteroatoms. The molecule has 0 aliphatic rings. The van der Waals surface area contributed by atoms with E-state index in [2.05, 4.69) is 30.3 Å². The number of nitrogens with zero attached hydrogens (tertiary/aromatic N) is 2. The van der Waals surface area contributed by atoms with Gasteiger partial charge in [0.05, 0.1) is 18.0 Å². The number of aliphatic hydroxyl groups excluding tert-OH is 1. The lowest BCUT2D eigenvalue weighted by molar-refractivity contribution is 0.168. The quantitative estimate of drug-likeness (QED) is 0.770. The summed E-state index contributed by atoms with van der Waals surface area (Å²) in [5.74, 6) is 0. The molecule has 0 aliphatic carbocycles. The maximum atomic E-state index is 9.31. The van der Waals surface area contributed by atoms with Crippen molar-refractivity contribution in [3.8, 4) is 0 Å². The van der Waals surface area contributed by atoms with Gasteiger partial charge in [0.25, 0.3) is 0 Å². The number of aliphatic hydroxyl groups is 1. The highest BCUT2D eigenvalue weighted by Gasteiger charge is 2.20. The maximum absolute atomic E-state index is 9.31. The lowest BCUT2D eigenvalue weighted by Gasteiger charge is -2.27. The van der Waals surface area contributed by atoms with Crippen LogP contribution in [0.4, 0.5) is 0 Å². The SMILES string of the molecule is CCn1nc(C)cc1CNC(C)(CC)CO. The van der Waals surface area contributed by atoms with E-state index in [9.17, 15) is 5.11 Å². The Morgan fingerprint density at radius 3 is 2.69 bits per heavy atom. The van der Waals surface area contributed by atoms with E-state index in [1.165, 1.54) is 5.69 Å². The van der Waals surface area contributed by atoms with Crippen LogP contribution in [0.15, 0.2) is 6.07 Å². The summed E-state index contributed by atoms with van der Waals surface area (Å²) in [4.78, 5) is 0. The van der Waals surface area contributed by atoms with Crippen molar-refractivity contribution in [2.75, 3.05) is 6.61 Å². The molecule has 1 rings (SSSR count). The lowest BCUT2D eigenvalue weighted by atomic mass is 10.0. The highest BCUT2D eigenvalue weighted by Crippen LogP contribution is 2.10. The van der Waals surface area contributed by atoms with Crippen LogP contribution in [0, 0.1) is 6.92 Å². The van der Waals surface area contributed by atoms with Crippen molar-refractivity contribution in [3.05, 3.63) is 17.5 Å². The predicted octanol–water partition coefficient (Wildman–Crippen LogP) is 1.46. The Labute approximate surface area is 97.7 Å². The van der Waals surface area contributed by atoms with Crippen LogP contribution in [0.1, 0.15) is 38.6 Å². The van der Waals surface area contributed by atoms with Crippen LogP contribution < -0.4 is 5.32 Å². The summed E-state index contributed by atoms with van der Waals surface area (Å²) in [5, 5.41) is 17.1. The second kappa shape index (κ2) is 5.46. The highest BCUT2D eigenvalue weighted by atomic mass is 16.3. The summed E-state index contributed by atoms with van der Waals surface area (Å²) < 4.78 is 2.00. The molecular formula is C12H23N3O. The zero-order chi connectivity index (χ0) is 12.2. The number of aromatic nitrogens is 2. The Balaban J connectivity index is 2.66. The van der Waals surface area contributed by atoms with E-state index in [1.807, 2.05) is 18.5 Å². The summed E-state index contributed by atoms with van der Waals surface area (Å²) in [6, 6.07) is 2.09. The molecule has 2 N–H and O–H groups in total. The third kappa shape index (κ3) is 3.06. The second-order valence-corrected chi connectivity index (χ2v) is 4.52. The van der Waals surface area contributed by atoms with Gasteiger partial charge in [-0.05, 0) is 33.3 Å². The fourth-order valence-corrected chi connectivity index (χ4v) is 1.61. The van der Waals surface area contributed by atoms with E-state index in [-0.39, 0.29) is 12.1 Å². The molecule has 1 heterocycles. The summed E-state index contributed by atoms with van der Waals surface area (Å²) in [5.41, 5.74) is 2.02. The topological polar surface area (TPSA) is 50.1 Å². The molecule has 0 spiro atoms. The number of nitrogens with one attached hydrogen (secondary N) is 1. The minimum Gasteiger partial charge on any atom is -0.394 e. The molecule has 1 atom stereocenters. The normalized spacial score (nSPS) is 15.1. The molecule has 0 saturated heterocycles. The average Bonchev–Trinajstić information content (AvgIpc) is 2.66. The molecule has 16 heavy (non-hydrogen) atoms. The Morgan fingerprint density at radius 2 is 2.19 bits per heavy atom. The van der Waals surface area contributed by atoms with Crippen molar-refractivity contribution < 1.29 is 5.11 Å². The summed E-state index contributed by atoms with van der Waals surface area (Å²) in [7, 11) is 0. The van der Waals surface area contributed by atoms with Crippen LogP contribution in [0.2, 0.25) is 0 Å². The van der Waals surface area contributed by atoms with Crippen LogP contribution in [0.3, 0.4) is 0 Å². The second-order valence-electron chi connectivity index (χ2n) is 4.52. The largest absolute Gasteiger partial charge is 0.394 e. The van der Waals surface area contributed by atoms with Crippen molar-refractivity contribution in [2.24, 2.45) is 0 Å². The molecule has 0 bridgehead atoms. The molecule has 4 nitrogen and oxygen atoms in total. The first-order valence-electron chi connectivity index (χ1n) is 5.94. The first kappa shape index (κ1) is 13.2. The Kier molecular flexibility index (Phi) is 4.50. The van der Waals surface area contributed by atoms with E-state index in [1.54, 1.807) is 0 Å². The molecule has 0 radical (unpaired) electrons. The molecule has 92 valence electrons. The van der Waals surface area contributed by atoms with Gasteiger partial charge >= 0.3 is 0 Å². The summed E-state index contributed by atoms with van der Waals surface area (Å²) >= 11 is 0. The van der Waals surface area contributed by atoms with Crippen LogP contribution in [0.25, 0.3) is 0 Å². The fraction of sp³-hybridized carbons (Fsp3) is 0.750. The van der Waals surface area contributed by atoms with Gasteiger partial charge in [-0.3, -0.25) is 4.68 Å². The number of aryl methyl sites for hydroxylation is 2. The van der Waals surface area contributed by atoms with Gasteiger partial charge in [0.1, 0.15) is 0 Å². The third-order valence-corrected chi connectivity index (χ3v) is 3.11. The number of hydrogen-bond acceptors (Lipinski definition) is 3. The zero-order valence-electron chi connectivity index (χ0n) is 10.7. The van der Waals surface area contributed by atoms with Crippen molar-refractivity contribution in [1.29, 1.82) is 0 Å². The standard InChI is InChI=1S/C12H23N3O/c1-5-12(4,9-16)13-8-11-7-10(3)14-15(11)6-2/h7,13,16H,5-6,8-9H2,1-4H3. The van der Waals surface area contributed by atoms with Gasteiger partial charge in [-0.25, -0.2) is 0 Å². The molecule has 1 aromatic heterocycles. The summed E-state index contributed by atoms with van der Waals surface area (Å²) in [6.45, 7) is 9.98. The van der Waals surface area contributed by atoms with E-state index in [0.29, 0.717) is 0 Å². The van der Waals surface area contributed by atoms with Crippen molar-refractivity contribution in [1.82, 2.24) is 15.1 Å². The van der Waals surface area contributed by atoms with Crippen LogP contribution in [-0.2, 0) is 13.1 Å². The monoisotopic (exact) mass is 225 g/mol. The molecule has 0 amide bonds. The lowest BCUT2D eigenvalue weighted by Crippen LogP contribution is -2.44. The Hall–Kier alpha value is -0.870. The van der Waals surface area contributed by atoms with Gasteiger partial charge in [-0.15, -0.1) is 0 Å². The number of hydrogen-bond donors (Lipinski definition) is 2. The predicted molar refractivity (Wildman–Crippen MR) is 65.3 cm³/mol. The van der Waals surface area contributed by atoms with Gasteiger partial charge in [-0.1, -0.05) is 6.92 Å². The Bertz CT molecular complexity index is 329. The fourth-order valence-electron chi connectivity index (χ4n) is 1.61. The highest BCUT2D eigenvalue weighted by molar-refractivity contribution is 5.09. The minimum absolute atomic E-state index is 0.156. The van der Waals surface area contributed by atoms with Crippen molar-refractivity contribution in [2.45, 2.75) is 52.7 Å². The van der Waals surface area contributed by atoms with Crippen LogP contribution in [-0.4, -0.2) is 27.0 Å². The van der Waals surface area contributed by atoms with Gasteiger partial charge in [0.2, 0.25) is 0 Å². The van der Waals surface area contributed by atoms with Gasteiger partial charge in [0.15, 0.2) is 0 Å². The minimum atomic E-state index is -0.198. The smallest absolute Gasteiger partial charge is 0.0610 e. The summed E-state index contributed by atoms with van der Waals surface area (Å²) in [6.07, 6.45) is 0.906. The molecule has 1 unspecified atom stereocenters. The van der Waals surface area contributed by atoms with Crippen LogP contribution >= 0.6 is 0 Å². The van der Waals surface area contributed by atoms with E-state index < -0.39 is 0 Å². The first-order chi connectivity index (χ1) is 7.54. The maximum Gasteiger partial charge on any atom is 0.0610 e. The first-order valence-corrected chi connectivity index (χ1v) is 5.94. The zero-order valence-corrected chi connectivity index (χ0v) is 10.7. The van der Waals surface area contributed by atoms with Crippen molar-refractivity contribution >= 4 is 0 Å².